The van der Waals surface area contributed by atoms with Crippen molar-refractivity contribution in [3.05, 3.63) is 29.6 Å². The van der Waals surface area contributed by atoms with Crippen LogP contribution in [0.1, 0.15) is 12.5 Å². The fraction of sp³-hybridized carbons (Fsp3) is 0.455. The summed E-state index contributed by atoms with van der Waals surface area (Å²) in [5.74, 6) is 0.762. The fourth-order valence-corrected chi connectivity index (χ4v) is 1.71. The van der Waals surface area contributed by atoms with Crippen LogP contribution in [-0.2, 0) is 6.42 Å². The summed E-state index contributed by atoms with van der Waals surface area (Å²) < 4.78 is 18.3. The van der Waals surface area contributed by atoms with Gasteiger partial charge in [0.2, 0.25) is 0 Å². The second-order valence-electron chi connectivity index (χ2n) is 3.89. The maximum absolute atomic E-state index is 12.8. The minimum Gasteiger partial charge on any atom is -0.493 e. The molecule has 1 aliphatic heterocycles. The van der Waals surface area contributed by atoms with E-state index in [-0.39, 0.29) is 11.9 Å². The molecule has 0 spiro atoms. The van der Waals surface area contributed by atoms with Gasteiger partial charge in [-0.25, -0.2) is 4.39 Å². The van der Waals surface area contributed by atoms with Crippen molar-refractivity contribution in [2.45, 2.75) is 19.4 Å². The number of ether oxygens (including phenoxy) is 1. The highest BCUT2D eigenvalue weighted by atomic mass is 19.1. The van der Waals surface area contributed by atoms with Gasteiger partial charge in [-0.3, -0.25) is 0 Å². The summed E-state index contributed by atoms with van der Waals surface area (Å²) >= 11 is 0. The van der Waals surface area contributed by atoms with Gasteiger partial charge in [0.05, 0.1) is 6.61 Å². The zero-order valence-corrected chi connectivity index (χ0v) is 8.16. The van der Waals surface area contributed by atoms with E-state index < -0.39 is 0 Å². The van der Waals surface area contributed by atoms with Gasteiger partial charge in [0.25, 0.3) is 0 Å². The topological polar surface area (TPSA) is 35.2 Å². The summed E-state index contributed by atoms with van der Waals surface area (Å²) in [6.07, 6.45) is 0.882. The Labute approximate surface area is 82.9 Å². The van der Waals surface area contributed by atoms with Gasteiger partial charge in [-0.15, -0.1) is 0 Å². The molecular weight excluding hydrogens is 181 g/mol. The quantitative estimate of drug-likeness (QED) is 0.740. The van der Waals surface area contributed by atoms with Gasteiger partial charge >= 0.3 is 0 Å². The van der Waals surface area contributed by atoms with Gasteiger partial charge in [-0.1, -0.05) is 6.07 Å². The van der Waals surface area contributed by atoms with Crippen LogP contribution in [-0.4, -0.2) is 12.6 Å². The monoisotopic (exact) mass is 195 g/mol. The molecule has 1 aromatic rings. The fourth-order valence-electron chi connectivity index (χ4n) is 1.71. The van der Waals surface area contributed by atoms with Crippen molar-refractivity contribution >= 4 is 0 Å². The van der Waals surface area contributed by atoms with Crippen LogP contribution in [0.5, 0.6) is 5.75 Å². The lowest BCUT2D eigenvalue weighted by Crippen LogP contribution is -2.35. The summed E-state index contributed by atoms with van der Waals surface area (Å²) in [4.78, 5) is 0. The first-order chi connectivity index (χ1) is 6.66. The van der Waals surface area contributed by atoms with E-state index in [9.17, 15) is 4.39 Å². The van der Waals surface area contributed by atoms with Crippen LogP contribution in [0, 0.1) is 11.7 Å². The van der Waals surface area contributed by atoms with Crippen molar-refractivity contribution in [1.29, 1.82) is 0 Å². The van der Waals surface area contributed by atoms with Gasteiger partial charge in [0, 0.05) is 18.0 Å². The molecule has 2 rings (SSSR count). The molecule has 1 aromatic carbocycles. The molecule has 0 amide bonds. The third-order valence-corrected chi connectivity index (χ3v) is 2.71. The standard InChI is InChI=1S/C11H14FNO/c1-7(13)9-4-8-2-3-10(12)5-11(8)14-6-9/h2-3,5,7,9H,4,6,13H2,1H3/t7-,9?/m0/s1. The van der Waals surface area contributed by atoms with E-state index in [0.29, 0.717) is 18.3 Å². The first kappa shape index (κ1) is 9.46. The molecule has 1 aliphatic rings. The Balaban J connectivity index is 2.23. The van der Waals surface area contributed by atoms with E-state index in [0.717, 1.165) is 12.0 Å². The lowest BCUT2D eigenvalue weighted by Gasteiger charge is -2.27. The van der Waals surface area contributed by atoms with Crippen LogP contribution >= 0.6 is 0 Å². The minimum atomic E-state index is -0.247. The SMILES string of the molecule is C[C@H](N)C1COc2cc(F)ccc2C1. The molecule has 0 radical (unpaired) electrons. The van der Waals surface area contributed by atoms with Gasteiger partial charge in [-0.2, -0.15) is 0 Å². The molecular formula is C11H14FNO. The Bertz CT molecular complexity index is 338. The predicted octanol–water partition coefficient (Wildman–Crippen LogP) is 1.72. The minimum absolute atomic E-state index is 0.119. The van der Waals surface area contributed by atoms with Crippen molar-refractivity contribution in [3.8, 4) is 5.75 Å². The van der Waals surface area contributed by atoms with E-state index in [1.807, 2.05) is 6.92 Å². The average molecular weight is 195 g/mol. The normalized spacial score (nSPS) is 22.4. The van der Waals surface area contributed by atoms with Crippen LogP contribution in [0.15, 0.2) is 18.2 Å². The molecule has 0 fully saturated rings. The van der Waals surface area contributed by atoms with E-state index in [2.05, 4.69) is 0 Å². The van der Waals surface area contributed by atoms with E-state index in [1.165, 1.54) is 12.1 Å². The smallest absolute Gasteiger partial charge is 0.126 e. The van der Waals surface area contributed by atoms with Crippen LogP contribution in [0.25, 0.3) is 0 Å². The largest absolute Gasteiger partial charge is 0.493 e. The van der Waals surface area contributed by atoms with E-state index >= 15 is 0 Å². The number of halogens is 1. The number of hydrogen-bond donors (Lipinski definition) is 1. The Morgan fingerprint density at radius 1 is 1.57 bits per heavy atom. The number of nitrogens with two attached hydrogens (primary N) is 1. The summed E-state index contributed by atoms with van der Waals surface area (Å²) in [7, 11) is 0. The van der Waals surface area contributed by atoms with Crippen LogP contribution in [0.4, 0.5) is 4.39 Å². The van der Waals surface area contributed by atoms with Crippen molar-refractivity contribution in [2.75, 3.05) is 6.61 Å². The molecule has 0 aliphatic carbocycles. The molecule has 3 heteroatoms. The van der Waals surface area contributed by atoms with Gasteiger partial charge in [0.1, 0.15) is 11.6 Å². The number of hydrogen-bond acceptors (Lipinski definition) is 2. The molecule has 2 atom stereocenters. The molecule has 2 nitrogen and oxygen atoms in total. The van der Waals surface area contributed by atoms with Crippen molar-refractivity contribution in [1.82, 2.24) is 0 Å². The predicted molar refractivity (Wildman–Crippen MR) is 52.7 cm³/mol. The summed E-state index contributed by atoms with van der Waals surface area (Å²) in [5.41, 5.74) is 6.86. The molecule has 76 valence electrons. The highest BCUT2D eigenvalue weighted by Gasteiger charge is 2.22. The second-order valence-corrected chi connectivity index (χ2v) is 3.89. The molecule has 2 N–H and O–H groups in total. The van der Waals surface area contributed by atoms with Gasteiger partial charge < -0.3 is 10.5 Å². The maximum atomic E-state index is 12.8. The van der Waals surface area contributed by atoms with Crippen LogP contribution in [0.2, 0.25) is 0 Å². The van der Waals surface area contributed by atoms with Gasteiger partial charge in [0.15, 0.2) is 0 Å². The summed E-state index contributed by atoms with van der Waals surface area (Å²) in [6, 6.07) is 4.80. The molecule has 0 saturated heterocycles. The van der Waals surface area contributed by atoms with E-state index in [4.69, 9.17) is 10.5 Å². The highest BCUT2D eigenvalue weighted by molar-refractivity contribution is 5.36. The summed E-state index contributed by atoms with van der Waals surface area (Å²) in [5, 5.41) is 0. The molecule has 14 heavy (non-hydrogen) atoms. The third-order valence-electron chi connectivity index (χ3n) is 2.71. The molecule has 1 heterocycles. The molecule has 0 bridgehead atoms. The highest BCUT2D eigenvalue weighted by Crippen LogP contribution is 2.28. The van der Waals surface area contributed by atoms with E-state index in [1.54, 1.807) is 6.07 Å². The van der Waals surface area contributed by atoms with Gasteiger partial charge in [-0.05, 0) is 25.0 Å². The third kappa shape index (κ3) is 1.73. The second kappa shape index (κ2) is 3.58. The zero-order chi connectivity index (χ0) is 10.1. The Kier molecular flexibility index (Phi) is 2.42. The Morgan fingerprint density at radius 3 is 3.07 bits per heavy atom. The average Bonchev–Trinajstić information content (AvgIpc) is 2.16. The number of benzene rings is 1. The van der Waals surface area contributed by atoms with Crippen LogP contribution < -0.4 is 10.5 Å². The molecule has 0 aromatic heterocycles. The number of rotatable bonds is 1. The van der Waals surface area contributed by atoms with Crippen molar-refractivity contribution < 1.29 is 9.13 Å². The summed E-state index contributed by atoms with van der Waals surface area (Å²) in [6.45, 7) is 2.57. The first-order valence-corrected chi connectivity index (χ1v) is 4.83. The Hall–Kier alpha value is -1.09. The lowest BCUT2D eigenvalue weighted by molar-refractivity contribution is 0.203. The van der Waals surface area contributed by atoms with Crippen molar-refractivity contribution in [2.24, 2.45) is 11.7 Å². The lowest BCUT2D eigenvalue weighted by atomic mass is 9.92. The van der Waals surface area contributed by atoms with Crippen LogP contribution in [0.3, 0.4) is 0 Å². The van der Waals surface area contributed by atoms with Crippen molar-refractivity contribution in [3.63, 3.8) is 0 Å². The first-order valence-electron chi connectivity index (χ1n) is 4.83. The zero-order valence-electron chi connectivity index (χ0n) is 8.16. The molecule has 1 unspecified atom stereocenters. The number of fused-ring (bicyclic) bond motifs is 1. The molecule has 0 saturated carbocycles. The Morgan fingerprint density at radius 2 is 2.36 bits per heavy atom. The maximum Gasteiger partial charge on any atom is 0.126 e.